The van der Waals surface area contributed by atoms with Crippen molar-refractivity contribution in [3.05, 3.63) is 42.0 Å². The van der Waals surface area contributed by atoms with E-state index in [1.165, 1.54) is 30.5 Å². The Morgan fingerprint density at radius 3 is 2.44 bits per heavy atom. The smallest absolute Gasteiger partial charge is 0.00188 e. The maximum absolute atomic E-state index is 3.76. The predicted molar refractivity (Wildman–Crippen MR) is 72.6 cm³/mol. The quantitative estimate of drug-likeness (QED) is 0.674. The molecule has 0 amide bonds. The molecule has 0 spiro atoms. The third-order valence-corrected chi connectivity index (χ3v) is 2.89. The van der Waals surface area contributed by atoms with Crippen molar-refractivity contribution in [3.63, 3.8) is 0 Å². The van der Waals surface area contributed by atoms with Crippen LogP contribution in [-0.2, 0) is 6.42 Å². The Bertz CT molecular complexity index is 300. The molecule has 0 heterocycles. The standard InChI is InChI=1S/C15H23N/c1-4-6-12-16(3)13-11-15-9-7-14(5-2)8-10-15/h5,7-10H,2,4,6,11-13H2,1,3H3. The summed E-state index contributed by atoms with van der Waals surface area (Å²) in [5.74, 6) is 0. The molecule has 0 fully saturated rings. The molecule has 0 unspecified atom stereocenters. The van der Waals surface area contributed by atoms with E-state index < -0.39 is 0 Å². The van der Waals surface area contributed by atoms with E-state index in [0.717, 1.165) is 13.0 Å². The Kier molecular flexibility index (Phi) is 5.87. The summed E-state index contributed by atoms with van der Waals surface area (Å²) in [6.45, 7) is 8.35. The third-order valence-electron chi connectivity index (χ3n) is 2.89. The first-order chi connectivity index (χ1) is 7.76. The van der Waals surface area contributed by atoms with E-state index in [1.807, 2.05) is 6.08 Å². The Balaban J connectivity index is 2.33. The summed E-state index contributed by atoms with van der Waals surface area (Å²) in [5, 5.41) is 0. The summed E-state index contributed by atoms with van der Waals surface area (Å²) in [6, 6.07) is 8.66. The Morgan fingerprint density at radius 2 is 1.88 bits per heavy atom. The van der Waals surface area contributed by atoms with Gasteiger partial charge in [-0.2, -0.15) is 0 Å². The zero-order chi connectivity index (χ0) is 11.8. The molecule has 1 nitrogen and oxygen atoms in total. The SMILES string of the molecule is C=Cc1ccc(CCN(C)CCCC)cc1. The first-order valence-electron chi connectivity index (χ1n) is 6.16. The molecule has 0 saturated heterocycles. The van der Waals surface area contributed by atoms with Crippen molar-refractivity contribution < 1.29 is 0 Å². The van der Waals surface area contributed by atoms with Crippen LogP contribution in [0.5, 0.6) is 0 Å². The minimum Gasteiger partial charge on any atom is -0.306 e. The van der Waals surface area contributed by atoms with Crippen LogP contribution < -0.4 is 0 Å². The molecule has 0 aliphatic rings. The maximum atomic E-state index is 3.76. The second-order valence-corrected chi connectivity index (χ2v) is 4.35. The molecule has 0 atom stereocenters. The average Bonchev–Trinajstić information content (AvgIpc) is 2.34. The molecule has 0 bridgehead atoms. The van der Waals surface area contributed by atoms with Crippen LogP contribution in [0, 0.1) is 0 Å². The molecule has 0 aromatic heterocycles. The van der Waals surface area contributed by atoms with Crippen LogP contribution in [0.2, 0.25) is 0 Å². The first-order valence-corrected chi connectivity index (χ1v) is 6.16. The van der Waals surface area contributed by atoms with Crippen LogP contribution in [0.3, 0.4) is 0 Å². The fourth-order valence-corrected chi connectivity index (χ4v) is 1.68. The number of hydrogen-bond acceptors (Lipinski definition) is 1. The molecule has 0 N–H and O–H groups in total. The maximum Gasteiger partial charge on any atom is 0.00188 e. The van der Waals surface area contributed by atoms with Gasteiger partial charge >= 0.3 is 0 Å². The van der Waals surface area contributed by atoms with E-state index in [1.54, 1.807) is 0 Å². The summed E-state index contributed by atoms with van der Waals surface area (Å²) in [4.78, 5) is 2.41. The molecular weight excluding hydrogens is 194 g/mol. The van der Waals surface area contributed by atoms with Gasteiger partial charge in [-0.1, -0.05) is 50.3 Å². The van der Waals surface area contributed by atoms with E-state index in [4.69, 9.17) is 0 Å². The normalized spacial score (nSPS) is 10.7. The molecule has 0 radical (unpaired) electrons. The summed E-state index contributed by atoms with van der Waals surface area (Å²) < 4.78 is 0. The van der Waals surface area contributed by atoms with Gasteiger partial charge in [-0.3, -0.25) is 0 Å². The number of rotatable bonds is 7. The average molecular weight is 217 g/mol. The van der Waals surface area contributed by atoms with Gasteiger partial charge in [0.25, 0.3) is 0 Å². The second-order valence-electron chi connectivity index (χ2n) is 4.35. The van der Waals surface area contributed by atoms with Gasteiger partial charge in [-0.15, -0.1) is 0 Å². The fourth-order valence-electron chi connectivity index (χ4n) is 1.68. The van der Waals surface area contributed by atoms with Crippen molar-refractivity contribution >= 4 is 6.08 Å². The predicted octanol–water partition coefficient (Wildman–Crippen LogP) is 3.60. The van der Waals surface area contributed by atoms with Gasteiger partial charge in [0.15, 0.2) is 0 Å². The highest BCUT2D eigenvalue weighted by atomic mass is 15.1. The summed E-state index contributed by atoms with van der Waals surface area (Å²) >= 11 is 0. The highest BCUT2D eigenvalue weighted by Crippen LogP contribution is 2.06. The summed E-state index contributed by atoms with van der Waals surface area (Å²) in [6.07, 6.45) is 5.60. The van der Waals surface area contributed by atoms with E-state index in [0.29, 0.717) is 0 Å². The number of hydrogen-bond donors (Lipinski definition) is 0. The van der Waals surface area contributed by atoms with Gasteiger partial charge in [-0.25, -0.2) is 0 Å². The van der Waals surface area contributed by atoms with Gasteiger partial charge in [0.1, 0.15) is 0 Å². The van der Waals surface area contributed by atoms with Crippen molar-refractivity contribution in [2.75, 3.05) is 20.1 Å². The summed E-state index contributed by atoms with van der Waals surface area (Å²) in [5.41, 5.74) is 2.61. The van der Waals surface area contributed by atoms with Crippen molar-refractivity contribution in [2.45, 2.75) is 26.2 Å². The Morgan fingerprint density at radius 1 is 1.19 bits per heavy atom. The van der Waals surface area contributed by atoms with Crippen molar-refractivity contribution in [2.24, 2.45) is 0 Å². The highest BCUT2D eigenvalue weighted by molar-refractivity contribution is 5.47. The van der Waals surface area contributed by atoms with Gasteiger partial charge in [-0.05, 0) is 37.6 Å². The molecule has 88 valence electrons. The molecule has 0 aliphatic carbocycles. The number of likely N-dealkylation sites (N-methyl/N-ethyl adjacent to an activating group) is 1. The van der Waals surface area contributed by atoms with Gasteiger partial charge in [0.2, 0.25) is 0 Å². The molecule has 0 saturated carbocycles. The third kappa shape index (κ3) is 4.63. The van der Waals surface area contributed by atoms with Crippen LogP contribution in [0.15, 0.2) is 30.8 Å². The lowest BCUT2D eigenvalue weighted by Crippen LogP contribution is -2.22. The highest BCUT2D eigenvalue weighted by Gasteiger charge is 1.98. The van der Waals surface area contributed by atoms with Gasteiger partial charge < -0.3 is 4.90 Å². The Hall–Kier alpha value is -1.08. The van der Waals surface area contributed by atoms with Crippen LogP contribution >= 0.6 is 0 Å². The molecule has 16 heavy (non-hydrogen) atoms. The number of nitrogens with zero attached hydrogens (tertiary/aromatic N) is 1. The molecular formula is C15H23N. The van der Waals surface area contributed by atoms with E-state index >= 15 is 0 Å². The minimum absolute atomic E-state index is 1.14. The molecule has 1 aromatic carbocycles. The Labute approximate surface area is 99.8 Å². The van der Waals surface area contributed by atoms with E-state index in [9.17, 15) is 0 Å². The number of benzene rings is 1. The van der Waals surface area contributed by atoms with Gasteiger partial charge in [0, 0.05) is 6.54 Å². The van der Waals surface area contributed by atoms with Gasteiger partial charge in [0.05, 0.1) is 0 Å². The van der Waals surface area contributed by atoms with Crippen molar-refractivity contribution in [3.8, 4) is 0 Å². The molecule has 1 heteroatoms. The first kappa shape index (κ1) is 13.0. The van der Waals surface area contributed by atoms with Crippen LogP contribution in [0.25, 0.3) is 6.08 Å². The molecule has 1 aromatic rings. The topological polar surface area (TPSA) is 3.24 Å². The zero-order valence-electron chi connectivity index (χ0n) is 10.6. The van der Waals surface area contributed by atoms with Crippen molar-refractivity contribution in [1.29, 1.82) is 0 Å². The van der Waals surface area contributed by atoms with Crippen LogP contribution in [0.4, 0.5) is 0 Å². The van der Waals surface area contributed by atoms with E-state index in [-0.39, 0.29) is 0 Å². The lowest BCUT2D eigenvalue weighted by molar-refractivity contribution is 0.332. The summed E-state index contributed by atoms with van der Waals surface area (Å²) in [7, 11) is 2.20. The fraction of sp³-hybridized carbons (Fsp3) is 0.467. The van der Waals surface area contributed by atoms with Crippen LogP contribution in [-0.4, -0.2) is 25.0 Å². The second kappa shape index (κ2) is 7.24. The minimum atomic E-state index is 1.14. The number of unbranched alkanes of at least 4 members (excludes halogenated alkanes) is 1. The van der Waals surface area contributed by atoms with E-state index in [2.05, 4.69) is 49.7 Å². The monoisotopic (exact) mass is 217 g/mol. The lowest BCUT2D eigenvalue weighted by Gasteiger charge is -2.15. The lowest BCUT2D eigenvalue weighted by atomic mass is 10.1. The molecule has 1 rings (SSSR count). The zero-order valence-corrected chi connectivity index (χ0v) is 10.6. The molecule has 0 aliphatic heterocycles. The largest absolute Gasteiger partial charge is 0.306 e. The van der Waals surface area contributed by atoms with Crippen molar-refractivity contribution in [1.82, 2.24) is 4.90 Å². The van der Waals surface area contributed by atoms with Crippen LogP contribution in [0.1, 0.15) is 30.9 Å².